The van der Waals surface area contributed by atoms with Gasteiger partial charge < -0.3 is 10.6 Å². The first kappa shape index (κ1) is 15.3. The van der Waals surface area contributed by atoms with Gasteiger partial charge in [-0.15, -0.1) is 0 Å². The van der Waals surface area contributed by atoms with Gasteiger partial charge in [-0.2, -0.15) is 4.31 Å². The Morgan fingerprint density at radius 1 is 1.25 bits per heavy atom. The minimum atomic E-state index is -3.42. The summed E-state index contributed by atoms with van der Waals surface area (Å²) in [5.74, 6) is 0. The lowest BCUT2D eigenvalue weighted by Gasteiger charge is -2.35. The van der Waals surface area contributed by atoms with Gasteiger partial charge in [-0.05, 0) is 56.7 Å². The second-order valence-electron chi connectivity index (χ2n) is 5.26. The van der Waals surface area contributed by atoms with Gasteiger partial charge in [0.1, 0.15) is 0 Å². The maximum Gasteiger partial charge on any atom is 0.243 e. The summed E-state index contributed by atoms with van der Waals surface area (Å²) in [6.45, 7) is 5.09. The number of anilines is 1. The molecule has 20 heavy (non-hydrogen) atoms. The molecular weight excluding hydrogens is 274 g/mol. The summed E-state index contributed by atoms with van der Waals surface area (Å²) in [4.78, 5) is 2.66. The quantitative estimate of drug-likeness (QED) is 0.853. The Balaban J connectivity index is 2.11. The van der Waals surface area contributed by atoms with E-state index in [0.29, 0.717) is 10.6 Å². The molecule has 2 rings (SSSR count). The summed E-state index contributed by atoms with van der Waals surface area (Å²) < 4.78 is 26.6. The minimum Gasteiger partial charge on any atom is -0.399 e. The fourth-order valence-electron chi connectivity index (χ4n) is 2.60. The maximum atomic E-state index is 12.6. The first-order valence-corrected chi connectivity index (χ1v) is 8.45. The summed E-state index contributed by atoms with van der Waals surface area (Å²) in [6, 6.07) is 6.48. The Morgan fingerprint density at radius 3 is 2.30 bits per heavy atom. The first-order valence-electron chi connectivity index (χ1n) is 7.01. The van der Waals surface area contributed by atoms with Gasteiger partial charge in [-0.3, -0.25) is 0 Å². The van der Waals surface area contributed by atoms with Crippen molar-refractivity contribution < 1.29 is 8.42 Å². The van der Waals surface area contributed by atoms with Crippen LogP contribution in [0.15, 0.2) is 29.2 Å². The molecule has 0 radical (unpaired) electrons. The highest BCUT2D eigenvalue weighted by Crippen LogP contribution is 2.23. The van der Waals surface area contributed by atoms with E-state index in [1.54, 1.807) is 31.3 Å². The number of nitrogens with two attached hydrogens (primary N) is 1. The number of benzene rings is 1. The Hall–Kier alpha value is -1.11. The van der Waals surface area contributed by atoms with Crippen molar-refractivity contribution in [2.75, 3.05) is 32.4 Å². The summed E-state index contributed by atoms with van der Waals surface area (Å²) in [5.41, 5.74) is 6.18. The molecule has 0 aliphatic carbocycles. The Labute approximate surface area is 121 Å². The van der Waals surface area contributed by atoms with Crippen molar-refractivity contribution in [1.82, 2.24) is 9.21 Å². The van der Waals surface area contributed by atoms with E-state index in [1.165, 1.54) is 4.31 Å². The third kappa shape index (κ3) is 3.13. The van der Waals surface area contributed by atoms with Crippen LogP contribution in [0.2, 0.25) is 0 Å². The summed E-state index contributed by atoms with van der Waals surface area (Å²) >= 11 is 0. The summed E-state index contributed by atoms with van der Waals surface area (Å²) in [7, 11) is -1.74. The highest BCUT2D eigenvalue weighted by molar-refractivity contribution is 7.89. The largest absolute Gasteiger partial charge is 0.399 e. The zero-order valence-electron chi connectivity index (χ0n) is 12.1. The van der Waals surface area contributed by atoms with Crippen LogP contribution in [0.4, 0.5) is 5.69 Å². The van der Waals surface area contributed by atoms with E-state index in [1.807, 2.05) is 0 Å². The van der Waals surface area contributed by atoms with Crippen LogP contribution in [0.1, 0.15) is 19.8 Å². The molecule has 6 heteroatoms. The molecule has 1 saturated heterocycles. The van der Waals surface area contributed by atoms with Crippen molar-refractivity contribution in [2.45, 2.75) is 30.7 Å². The van der Waals surface area contributed by atoms with Gasteiger partial charge in [0, 0.05) is 18.8 Å². The predicted molar refractivity (Wildman–Crippen MR) is 80.9 cm³/mol. The van der Waals surface area contributed by atoms with Crippen molar-refractivity contribution in [3.63, 3.8) is 0 Å². The molecule has 1 aliphatic rings. The number of piperidine rings is 1. The Morgan fingerprint density at radius 2 is 1.80 bits per heavy atom. The van der Waals surface area contributed by atoms with Gasteiger partial charge in [0.2, 0.25) is 10.0 Å². The van der Waals surface area contributed by atoms with Crippen molar-refractivity contribution in [3.8, 4) is 0 Å². The van der Waals surface area contributed by atoms with Gasteiger partial charge >= 0.3 is 0 Å². The van der Waals surface area contributed by atoms with Gasteiger partial charge in [0.05, 0.1) is 4.90 Å². The van der Waals surface area contributed by atoms with Crippen LogP contribution in [-0.4, -0.2) is 50.3 Å². The maximum absolute atomic E-state index is 12.6. The lowest BCUT2D eigenvalue weighted by Crippen LogP contribution is -2.45. The van der Waals surface area contributed by atoms with Crippen LogP contribution in [0.5, 0.6) is 0 Å². The molecule has 1 aliphatic heterocycles. The molecule has 1 fully saturated rings. The van der Waals surface area contributed by atoms with E-state index in [2.05, 4.69) is 11.8 Å². The molecule has 0 amide bonds. The lowest BCUT2D eigenvalue weighted by molar-refractivity contribution is 0.176. The zero-order valence-corrected chi connectivity index (χ0v) is 12.9. The summed E-state index contributed by atoms with van der Waals surface area (Å²) in [6.07, 6.45) is 1.77. The topological polar surface area (TPSA) is 66.6 Å². The average molecular weight is 297 g/mol. The molecule has 0 spiro atoms. The monoisotopic (exact) mass is 297 g/mol. The normalized spacial score (nSPS) is 18.6. The van der Waals surface area contributed by atoms with Crippen molar-refractivity contribution in [3.05, 3.63) is 24.3 Å². The molecule has 0 bridgehead atoms. The summed E-state index contributed by atoms with van der Waals surface area (Å²) in [5, 5.41) is 0. The van der Waals surface area contributed by atoms with Crippen molar-refractivity contribution in [1.29, 1.82) is 0 Å². The molecule has 2 N–H and O–H groups in total. The average Bonchev–Trinajstić information content (AvgIpc) is 2.47. The number of nitrogen functional groups attached to an aromatic ring is 1. The van der Waals surface area contributed by atoms with Crippen LogP contribution in [0.25, 0.3) is 0 Å². The predicted octanol–water partition coefficient (Wildman–Crippen LogP) is 1.37. The van der Waals surface area contributed by atoms with Gasteiger partial charge in [-0.25, -0.2) is 8.42 Å². The third-order valence-corrected chi connectivity index (χ3v) is 6.00. The van der Waals surface area contributed by atoms with E-state index in [0.717, 1.165) is 32.5 Å². The fourth-order valence-corrected chi connectivity index (χ4v) is 4.02. The van der Waals surface area contributed by atoms with Gasteiger partial charge in [-0.1, -0.05) is 6.92 Å². The molecule has 1 aromatic carbocycles. The SMILES string of the molecule is CCN1CCC(N(C)S(=O)(=O)c2ccc(N)cc2)CC1. The van der Waals surface area contributed by atoms with Crippen LogP contribution in [0.3, 0.4) is 0 Å². The number of likely N-dealkylation sites (tertiary alicyclic amines) is 1. The molecule has 5 nitrogen and oxygen atoms in total. The number of nitrogens with zero attached hydrogens (tertiary/aromatic N) is 2. The van der Waals surface area contributed by atoms with E-state index in [4.69, 9.17) is 5.73 Å². The molecule has 0 aromatic heterocycles. The first-order chi connectivity index (χ1) is 9.45. The Bertz CT molecular complexity index is 534. The highest BCUT2D eigenvalue weighted by atomic mass is 32.2. The number of hydrogen-bond acceptors (Lipinski definition) is 4. The molecule has 1 heterocycles. The number of rotatable bonds is 4. The zero-order chi connectivity index (χ0) is 14.8. The second kappa shape index (κ2) is 6.11. The Kier molecular flexibility index (Phi) is 4.67. The van der Waals surface area contributed by atoms with E-state index in [-0.39, 0.29) is 6.04 Å². The molecular formula is C14H23N3O2S. The van der Waals surface area contributed by atoms with Crippen LogP contribution >= 0.6 is 0 Å². The van der Waals surface area contributed by atoms with Gasteiger partial charge in [0.25, 0.3) is 0 Å². The molecule has 1 aromatic rings. The van der Waals surface area contributed by atoms with Crippen LogP contribution in [0, 0.1) is 0 Å². The van der Waals surface area contributed by atoms with E-state index in [9.17, 15) is 8.42 Å². The standard InChI is InChI=1S/C14H23N3O2S/c1-3-17-10-8-13(9-11-17)16(2)20(18,19)14-6-4-12(15)5-7-14/h4-7,13H,3,8-11,15H2,1-2H3. The van der Waals surface area contributed by atoms with Crippen LogP contribution < -0.4 is 5.73 Å². The van der Waals surface area contributed by atoms with E-state index < -0.39 is 10.0 Å². The minimum absolute atomic E-state index is 0.0837. The number of sulfonamides is 1. The smallest absolute Gasteiger partial charge is 0.243 e. The lowest BCUT2D eigenvalue weighted by atomic mass is 10.1. The molecule has 112 valence electrons. The highest BCUT2D eigenvalue weighted by Gasteiger charge is 2.30. The van der Waals surface area contributed by atoms with Crippen molar-refractivity contribution >= 4 is 15.7 Å². The third-order valence-electron chi connectivity index (χ3n) is 4.08. The molecule has 0 saturated carbocycles. The molecule has 0 unspecified atom stereocenters. The number of hydrogen-bond donors (Lipinski definition) is 1. The van der Waals surface area contributed by atoms with Crippen molar-refractivity contribution in [2.24, 2.45) is 0 Å². The van der Waals surface area contributed by atoms with Crippen LogP contribution in [-0.2, 0) is 10.0 Å². The fraction of sp³-hybridized carbons (Fsp3) is 0.571. The van der Waals surface area contributed by atoms with Gasteiger partial charge in [0.15, 0.2) is 0 Å². The van der Waals surface area contributed by atoms with E-state index >= 15 is 0 Å². The molecule has 0 atom stereocenters. The second-order valence-corrected chi connectivity index (χ2v) is 7.25.